The van der Waals surface area contributed by atoms with E-state index in [1.54, 1.807) is 0 Å². The van der Waals surface area contributed by atoms with Crippen molar-refractivity contribution in [2.45, 2.75) is 79.1 Å². The van der Waals surface area contributed by atoms with E-state index < -0.39 is 0 Å². The third-order valence-electron chi connectivity index (χ3n) is 6.95. The van der Waals surface area contributed by atoms with Gasteiger partial charge in [-0.15, -0.1) is 0 Å². The maximum absolute atomic E-state index is 2.47. The van der Waals surface area contributed by atoms with Gasteiger partial charge in [-0.3, -0.25) is 9.13 Å². The first-order valence-corrected chi connectivity index (χ1v) is 14.3. The van der Waals surface area contributed by atoms with Crippen molar-refractivity contribution < 1.29 is 0 Å². The topological polar surface area (TPSA) is 9.86 Å². The van der Waals surface area contributed by atoms with Gasteiger partial charge in [0.05, 0.1) is 11.4 Å². The van der Waals surface area contributed by atoms with Crippen LogP contribution >= 0.6 is 8.20 Å². The first kappa shape index (κ1) is 26.2. The molecule has 0 unspecified atom stereocenters. The number of rotatable bonds is 7. The monoisotopic (exact) mass is 496 g/mol. The van der Waals surface area contributed by atoms with Crippen LogP contribution in [0.2, 0.25) is 0 Å². The Morgan fingerprint density at radius 1 is 0.472 bits per heavy atom. The summed E-state index contributed by atoms with van der Waals surface area (Å²) < 4.78 is 4.95. The molecule has 1 aromatic heterocycles. The summed E-state index contributed by atoms with van der Waals surface area (Å²) in [5, 5.41) is 2.57. The standard InChI is InChI=1S/C33H41N2P/c1-22(2)27-16-12-17-28(23(3)4)31(27)34-20-21-35(33(34)36-26-14-10-9-11-15-26)32-29(24(5)6)18-13-19-30(32)25(7)8/h9-25H,1-8H3. The molecule has 0 saturated carbocycles. The predicted molar refractivity (Wildman–Crippen MR) is 158 cm³/mol. The van der Waals surface area contributed by atoms with Crippen molar-refractivity contribution >= 4 is 13.5 Å². The lowest BCUT2D eigenvalue weighted by atomic mass is 9.92. The first-order chi connectivity index (χ1) is 17.2. The average Bonchev–Trinajstić information content (AvgIpc) is 3.26. The summed E-state index contributed by atoms with van der Waals surface area (Å²) in [5.74, 6) is 1.74. The fourth-order valence-corrected chi connectivity index (χ4v) is 6.14. The summed E-state index contributed by atoms with van der Waals surface area (Å²) in [6, 6.07) is 24.5. The average molecular weight is 497 g/mol. The number of para-hydroxylation sites is 2. The fraction of sp³-hybridized carbons (Fsp3) is 0.364. The first-order valence-electron chi connectivity index (χ1n) is 13.4. The number of aromatic nitrogens is 2. The molecule has 0 aliphatic heterocycles. The molecule has 4 aromatic rings. The Labute approximate surface area is 219 Å². The zero-order chi connectivity index (χ0) is 26.0. The van der Waals surface area contributed by atoms with Crippen LogP contribution in [-0.4, -0.2) is 9.13 Å². The molecule has 2 nitrogen and oxygen atoms in total. The molecule has 1 heterocycles. The van der Waals surface area contributed by atoms with E-state index in [0.29, 0.717) is 23.7 Å². The Morgan fingerprint density at radius 2 is 0.833 bits per heavy atom. The minimum atomic E-state index is 0.435. The molecule has 0 aliphatic carbocycles. The van der Waals surface area contributed by atoms with Crippen LogP contribution in [0.5, 0.6) is 0 Å². The minimum Gasteiger partial charge on any atom is -0.297 e. The van der Waals surface area contributed by atoms with Gasteiger partial charge >= 0.3 is 0 Å². The number of hydrogen-bond donors (Lipinski definition) is 0. The van der Waals surface area contributed by atoms with Crippen molar-refractivity contribution in [3.8, 4) is 11.4 Å². The Hall–Kier alpha value is -2.83. The molecule has 36 heavy (non-hydrogen) atoms. The Morgan fingerprint density at radius 3 is 1.17 bits per heavy atom. The molecule has 3 heteroatoms. The van der Waals surface area contributed by atoms with Crippen molar-refractivity contribution in [3.05, 3.63) is 107 Å². The molecule has 0 amide bonds. The molecule has 0 saturated heterocycles. The highest BCUT2D eigenvalue weighted by Crippen LogP contribution is 2.35. The van der Waals surface area contributed by atoms with E-state index in [-0.39, 0.29) is 0 Å². The van der Waals surface area contributed by atoms with Crippen molar-refractivity contribution in [1.82, 2.24) is 9.13 Å². The predicted octanol–water partition coefficient (Wildman–Crippen LogP) is 9.57. The Kier molecular flexibility index (Phi) is 8.06. The summed E-state index contributed by atoms with van der Waals surface area (Å²) in [7, 11) is 1.19. The second kappa shape index (κ2) is 11.1. The van der Waals surface area contributed by atoms with Gasteiger partial charge in [-0.2, -0.15) is 0 Å². The summed E-state index contributed by atoms with van der Waals surface area (Å²) in [4.78, 5) is 0. The highest BCUT2D eigenvalue weighted by atomic mass is 31.1. The fourth-order valence-electron chi connectivity index (χ4n) is 5.04. The van der Waals surface area contributed by atoms with E-state index in [9.17, 15) is 0 Å². The van der Waals surface area contributed by atoms with E-state index in [1.165, 1.54) is 52.3 Å². The summed E-state index contributed by atoms with van der Waals surface area (Å²) in [5.41, 5.74) is 8.27. The van der Waals surface area contributed by atoms with E-state index in [0.717, 1.165) is 0 Å². The zero-order valence-corrected chi connectivity index (χ0v) is 24.1. The second-order valence-electron chi connectivity index (χ2n) is 11.0. The van der Waals surface area contributed by atoms with Gasteiger partial charge in [0, 0.05) is 17.7 Å². The summed E-state index contributed by atoms with van der Waals surface area (Å²) in [6.07, 6.45) is 4.58. The van der Waals surface area contributed by atoms with E-state index in [4.69, 9.17) is 0 Å². The van der Waals surface area contributed by atoms with Gasteiger partial charge < -0.3 is 0 Å². The van der Waals surface area contributed by atoms with Crippen LogP contribution in [0.4, 0.5) is 0 Å². The Bertz CT molecular complexity index is 1250. The molecule has 0 fully saturated rings. The molecule has 188 valence electrons. The van der Waals surface area contributed by atoms with Crippen LogP contribution in [-0.2, 0) is 0 Å². The van der Waals surface area contributed by atoms with E-state index in [2.05, 4.69) is 144 Å². The molecular formula is C33H41N2P. The molecule has 0 radical (unpaired) electrons. The molecule has 0 atom stereocenters. The Balaban J connectivity index is 2.16. The number of hydrogen-bond acceptors (Lipinski definition) is 0. The van der Waals surface area contributed by atoms with Gasteiger partial charge in [0.25, 0.3) is 0 Å². The number of benzene rings is 3. The lowest BCUT2D eigenvalue weighted by molar-refractivity contribution is 0.784. The van der Waals surface area contributed by atoms with Gasteiger partial charge in [0.1, 0.15) is 5.20 Å². The summed E-state index contributed by atoms with van der Waals surface area (Å²) >= 11 is 0. The van der Waals surface area contributed by atoms with Crippen LogP contribution < -0.4 is 5.30 Å². The molecular weight excluding hydrogens is 455 g/mol. The van der Waals surface area contributed by atoms with Crippen LogP contribution in [0.1, 0.15) is 101 Å². The van der Waals surface area contributed by atoms with Gasteiger partial charge in [0.2, 0.25) is 0 Å². The molecule has 4 rings (SSSR count). The molecule has 0 aliphatic rings. The lowest BCUT2D eigenvalue weighted by Crippen LogP contribution is -2.10. The third kappa shape index (κ3) is 5.16. The van der Waals surface area contributed by atoms with Crippen molar-refractivity contribution in [3.63, 3.8) is 0 Å². The normalized spacial score (nSPS) is 12.0. The molecule has 0 N–H and O–H groups in total. The highest BCUT2D eigenvalue weighted by Gasteiger charge is 2.20. The number of nitrogens with zero attached hydrogens (tertiary/aromatic N) is 2. The van der Waals surface area contributed by atoms with E-state index >= 15 is 0 Å². The van der Waals surface area contributed by atoms with Gasteiger partial charge in [-0.05, 0) is 54.1 Å². The second-order valence-corrected chi connectivity index (χ2v) is 12.1. The quantitative estimate of drug-likeness (QED) is 0.225. The maximum atomic E-state index is 2.47. The number of imidazole rings is 1. The smallest absolute Gasteiger partial charge is 0.150 e. The maximum Gasteiger partial charge on any atom is 0.150 e. The third-order valence-corrected chi connectivity index (χ3v) is 8.14. The van der Waals surface area contributed by atoms with Crippen molar-refractivity contribution in [1.29, 1.82) is 0 Å². The van der Waals surface area contributed by atoms with Crippen LogP contribution in [0.15, 0.2) is 79.1 Å². The molecule has 0 bridgehead atoms. The molecule has 3 aromatic carbocycles. The minimum absolute atomic E-state index is 0.435. The lowest BCUT2D eigenvalue weighted by Gasteiger charge is -2.22. The zero-order valence-electron chi connectivity index (χ0n) is 23.2. The molecule has 0 spiro atoms. The van der Waals surface area contributed by atoms with E-state index in [1.807, 2.05) is 0 Å². The van der Waals surface area contributed by atoms with Gasteiger partial charge in [-0.1, -0.05) is 122 Å². The van der Waals surface area contributed by atoms with Crippen LogP contribution in [0.3, 0.4) is 0 Å². The van der Waals surface area contributed by atoms with Crippen molar-refractivity contribution in [2.75, 3.05) is 0 Å². The van der Waals surface area contributed by atoms with Crippen molar-refractivity contribution in [2.24, 2.45) is 0 Å². The SMILES string of the molecule is CC(C)c1cccc(C(C)C)c1-n1ccn(-c2c(C(C)C)cccc2C(C)C)c1=Pc1ccccc1. The van der Waals surface area contributed by atoms with Gasteiger partial charge in [-0.25, -0.2) is 0 Å². The van der Waals surface area contributed by atoms with Crippen LogP contribution in [0.25, 0.3) is 11.4 Å². The van der Waals surface area contributed by atoms with Crippen LogP contribution in [0, 0.1) is 5.20 Å². The highest BCUT2D eigenvalue weighted by molar-refractivity contribution is 7.38. The summed E-state index contributed by atoms with van der Waals surface area (Å²) in [6.45, 7) is 18.4. The largest absolute Gasteiger partial charge is 0.297 e. The van der Waals surface area contributed by atoms with Gasteiger partial charge in [0.15, 0.2) is 0 Å².